The van der Waals surface area contributed by atoms with Gasteiger partial charge in [0.2, 0.25) is 0 Å². The van der Waals surface area contributed by atoms with E-state index in [0.717, 1.165) is 5.69 Å². The molecule has 0 saturated carbocycles. The van der Waals surface area contributed by atoms with E-state index in [1.807, 2.05) is 19.9 Å². The minimum absolute atomic E-state index is 0.0816. The molecular weight excluding hydrogens is 142 g/mol. The van der Waals surface area contributed by atoms with Crippen molar-refractivity contribution in [3.63, 3.8) is 0 Å². The molecule has 3 heteroatoms. The molecule has 0 aliphatic rings. The van der Waals surface area contributed by atoms with Gasteiger partial charge in [0.1, 0.15) is 6.26 Å². The lowest BCUT2D eigenvalue weighted by molar-refractivity contribution is 0.246. The molecule has 1 aromatic heterocycles. The van der Waals surface area contributed by atoms with Crippen LogP contribution in [-0.2, 0) is 5.41 Å². The van der Waals surface area contributed by atoms with E-state index in [9.17, 15) is 0 Å². The molecule has 1 rings (SSSR count). The fraction of sp³-hybridized carbons (Fsp3) is 0.625. The second-order valence-electron chi connectivity index (χ2n) is 3.24. The van der Waals surface area contributed by atoms with Crippen molar-refractivity contribution in [1.29, 1.82) is 0 Å². The summed E-state index contributed by atoms with van der Waals surface area (Å²) in [5.74, 6) is 0. The summed E-state index contributed by atoms with van der Waals surface area (Å²) < 4.78 is 4.72. The average Bonchev–Trinajstić information content (AvgIpc) is 2.37. The van der Waals surface area contributed by atoms with Crippen molar-refractivity contribution < 1.29 is 9.63 Å². The Kier molecular flexibility index (Phi) is 2.29. The van der Waals surface area contributed by atoms with Crippen molar-refractivity contribution >= 4 is 0 Å². The maximum atomic E-state index is 8.74. The number of nitrogens with zero attached hydrogens (tertiary/aromatic N) is 1. The number of hydrogen-bond donors (Lipinski definition) is 1. The van der Waals surface area contributed by atoms with E-state index in [1.54, 1.807) is 6.26 Å². The number of aromatic nitrogens is 1. The molecule has 0 saturated heterocycles. The Balaban J connectivity index is 2.73. The van der Waals surface area contributed by atoms with Crippen molar-refractivity contribution in [3.05, 3.63) is 18.0 Å². The van der Waals surface area contributed by atoms with Gasteiger partial charge in [-0.2, -0.15) is 0 Å². The van der Waals surface area contributed by atoms with Gasteiger partial charge in [-0.1, -0.05) is 19.0 Å². The topological polar surface area (TPSA) is 46.3 Å². The van der Waals surface area contributed by atoms with Crippen molar-refractivity contribution in [3.8, 4) is 0 Å². The summed E-state index contributed by atoms with van der Waals surface area (Å²) in [5, 5.41) is 12.6. The molecule has 1 N–H and O–H groups in total. The molecule has 0 unspecified atom stereocenters. The quantitative estimate of drug-likeness (QED) is 0.716. The summed E-state index contributed by atoms with van der Waals surface area (Å²) in [4.78, 5) is 0. The van der Waals surface area contributed by atoms with Crippen LogP contribution in [0, 0.1) is 0 Å². The maximum Gasteiger partial charge on any atom is 0.124 e. The van der Waals surface area contributed by atoms with E-state index < -0.39 is 0 Å². The summed E-state index contributed by atoms with van der Waals surface area (Å²) in [5.41, 5.74) is 0.813. The summed E-state index contributed by atoms with van der Waals surface area (Å²) in [6.07, 6.45) is 2.26. The van der Waals surface area contributed by atoms with Crippen LogP contribution in [0.2, 0.25) is 0 Å². The highest BCUT2D eigenvalue weighted by Crippen LogP contribution is 2.24. The molecule has 0 bridgehead atoms. The van der Waals surface area contributed by atoms with E-state index in [1.165, 1.54) is 0 Å². The van der Waals surface area contributed by atoms with Gasteiger partial charge in [0.05, 0.1) is 5.69 Å². The highest BCUT2D eigenvalue weighted by Gasteiger charge is 2.22. The maximum absolute atomic E-state index is 8.74. The Bertz CT molecular complexity index is 204. The Morgan fingerprint density at radius 1 is 1.64 bits per heavy atom. The molecule has 62 valence electrons. The second kappa shape index (κ2) is 3.05. The lowest BCUT2D eigenvalue weighted by atomic mass is 9.86. The third kappa shape index (κ3) is 1.80. The van der Waals surface area contributed by atoms with Gasteiger partial charge in [-0.25, -0.2) is 0 Å². The summed E-state index contributed by atoms with van der Waals surface area (Å²) in [6.45, 7) is 4.24. The predicted molar refractivity (Wildman–Crippen MR) is 41.2 cm³/mol. The van der Waals surface area contributed by atoms with Gasteiger partial charge in [0.25, 0.3) is 0 Å². The van der Waals surface area contributed by atoms with Gasteiger partial charge in [-0.05, 0) is 6.42 Å². The molecule has 0 atom stereocenters. The Morgan fingerprint density at radius 3 is 2.82 bits per heavy atom. The summed E-state index contributed by atoms with van der Waals surface area (Å²) >= 11 is 0. The van der Waals surface area contributed by atoms with E-state index in [0.29, 0.717) is 6.42 Å². The van der Waals surface area contributed by atoms with Gasteiger partial charge < -0.3 is 9.63 Å². The van der Waals surface area contributed by atoms with Gasteiger partial charge >= 0.3 is 0 Å². The molecule has 0 aliphatic carbocycles. The SMILES string of the molecule is CC(C)(CCO)c1ccon1. The molecule has 0 aromatic carbocycles. The fourth-order valence-electron chi connectivity index (χ4n) is 0.969. The first-order valence-corrected chi connectivity index (χ1v) is 3.68. The van der Waals surface area contributed by atoms with Gasteiger partial charge in [0, 0.05) is 18.1 Å². The Hall–Kier alpha value is -0.830. The molecule has 1 aromatic rings. The number of aliphatic hydroxyl groups is 1. The second-order valence-corrected chi connectivity index (χ2v) is 3.24. The normalized spacial score (nSPS) is 11.9. The van der Waals surface area contributed by atoms with Crippen molar-refractivity contribution in [2.24, 2.45) is 0 Å². The zero-order valence-electron chi connectivity index (χ0n) is 6.87. The minimum atomic E-state index is -0.0816. The van der Waals surface area contributed by atoms with Crippen LogP contribution < -0.4 is 0 Å². The number of hydrogen-bond acceptors (Lipinski definition) is 3. The highest BCUT2D eigenvalue weighted by molar-refractivity contribution is 5.09. The van der Waals surface area contributed by atoms with Gasteiger partial charge in [-0.3, -0.25) is 0 Å². The first kappa shape index (κ1) is 8.27. The monoisotopic (exact) mass is 155 g/mol. The first-order chi connectivity index (χ1) is 5.17. The number of rotatable bonds is 3. The predicted octanol–water partition coefficient (Wildman–Crippen LogP) is 1.33. The van der Waals surface area contributed by atoms with Crippen LogP contribution in [-0.4, -0.2) is 16.9 Å². The van der Waals surface area contributed by atoms with Crippen LogP contribution in [0.25, 0.3) is 0 Å². The fourth-order valence-corrected chi connectivity index (χ4v) is 0.969. The minimum Gasteiger partial charge on any atom is -0.396 e. The summed E-state index contributed by atoms with van der Waals surface area (Å²) in [7, 11) is 0. The molecule has 0 aliphatic heterocycles. The van der Waals surface area contributed by atoms with Gasteiger partial charge in [-0.15, -0.1) is 0 Å². The van der Waals surface area contributed by atoms with Crippen molar-refractivity contribution in [2.75, 3.05) is 6.61 Å². The molecule has 1 heterocycles. The molecule has 11 heavy (non-hydrogen) atoms. The number of aliphatic hydroxyl groups excluding tert-OH is 1. The molecule has 3 nitrogen and oxygen atoms in total. The first-order valence-electron chi connectivity index (χ1n) is 3.68. The van der Waals surface area contributed by atoms with Crippen LogP contribution in [0.4, 0.5) is 0 Å². The van der Waals surface area contributed by atoms with E-state index in [4.69, 9.17) is 9.63 Å². The third-order valence-electron chi connectivity index (χ3n) is 1.87. The van der Waals surface area contributed by atoms with E-state index >= 15 is 0 Å². The van der Waals surface area contributed by atoms with Crippen molar-refractivity contribution in [1.82, 2.24) is 5.16 Å². The molecule has 0 spiro atoms. The molecule has 0 radical (unpaired) electrons. The highest BCUT2D eigenvalue weighted by atomic mass is 16.5. The van der Waals surface area contributed by atoms with Crippen LogP contribution in [0.3, 0.4) is 0 Å². The van der Waals surface area contributed by atoms with Crippen LogP contribution in [0.5, 0.6) is 0 Å². The van der Waals surface area contributed by atoms with E-state index in [2.05, 4.69) is 5.16 Å². The summed E-state index contributed by atoms with van der Waals surface area (Å²) in [6, 6.07) is 1.83. The average molecular weight is 155 g/mol. The van der Waals surface area contributed by atoms with Gasteiger partial charge in [0.15, 0.2) is 0 Å². The molecule has 0 fully saturated rings. The zero-order valence-corrected chi connectivity index (χ0v) is 6.87. The van der Waals surface area contributed by atoms with Crippen LogP contribution >= 0.6 is 0 Å². The van der Waals surface area contributed by atoms with E-state index in [-0.39, 0.29) is 12.0 Å². The zero-order chi connectivity index (χ0) is 8.32. The lowest BCUT2D eigenvalue weighted by Gasteiger charge is -2.19. The third-order valence-corrected chi connectivity index (χ3v) is 1.87. The van der Waals surface area contributed by atoms with Crippen molar-refractivity contribution in [2.45, 2.75) is 25.7 Å². The lowest BCUT2D eigenvalue weighted by Crippen LogP contribution is -2.19. The Labute approximate surface area is 66.0 Å². The largest absolute Gasteiger partial charge is 0.396 e. The molecule has 0 amide bonds. The standard InChI is InChI=1S/C8H13NO2/c1-8(2,4-5-10)7-3-6-11-9-7/h3,6,10H,4-5H2,1-2H3. The molecular formula is C8H13NO2. The Morgan fingerprint density at radius 2 is 2.36 bits per heavy atom. The smallest absolute Gasteiger partial charge is 0.124 e. The van der Waals surface area contributed by atoms with Crippen LogP contribution in [0.1, 0.15) is 26.0 Å². The van der Waals surface area contributed by atoms with Crippen LogP contribution in [0.15, 0.2) is 16.9 Å².